The molecule has 3 heteroatoms. The van der Waals surface area contributed by atoms with Crippen molar-refractivity contribution in [2.45, 2.75) is 20.0 Å². The van der Waals surface area contributed by atoms with Crippen LogP contribution >= 0.6 is 0 Å². The van der Waals surface area contributed by atoms with Crippen LogP contribution in [0.5, 0.6) is 5.75 Å². The lowest BCUT2D eigenvalue weighted by atomic mass is 9.97. The molecule has 2 rings (SSSR count). The zero-order valence-electron chi connectivity index (χ0n) is 11.3. The van der Waals surface area contributed by atoms with E-state index in [4.69, 9.17) is 4.74 Å². The Bertz CT molecular complexity index is 553. The Morgan fingerprint density at radius 1 is 1.00 bits per heavy atom. The van der Waals surface area contributed by atoms with E-state index in [0.29, 0.717) is 5.56 Å². The fourth-order valence-electron chi connectivity index (χ4n) is 2.30. The van der Waals surface area contributed by atoms with Gasteiger partial charge in [-0.15, -0.1) is 0 Å². The molecule has 0 aliphatic carbocycles. The van der Waals surface area contributed by atoms with Gasteiger partial charge in [0.1, 0.15) is 17.7 Å². The number of hydrogen-bond acceptors (Lipinski definition) is 2. The molecule has 100 valence electrons. The first-order valence-electron chi connectivity index (χ1n) is 6.11. The summed E-state index contributed by atoms with van der Waals surface area (Å²) in [5, 5.41) is 10.3. The summed E-state index contributed by atoms with van der Waals surface area (Å²) in [6.45, 7) is 3.87. The second kappa shape index (κ2) is 5.41. The SMILES string of the molecule is COc1c(C)cc(C(O)c2ccc(F)cc2)cc1C. The lowest BCUT2D eigenvalue weighted by Crippen LogP contribution is -2.02. The number of aryl methyl sites for hydroxylation is 2. The largest absolute Gasteiger partial charge is 0.496 e. The Kier molecular flexibility index (Phi) is 3.86. The van der Waals surface area contributed by atoms with Gasteiger partial charge in [0.2, 0.25) is 0 Å². The highest BCUT2D eigenvalue weighted by molar-refractivity contribution is 5.45. The number of halogens is 1. The van der Waals surface area contributed by atoms with Gasteiger partial charge in [-0.05, 0) is 60.4 Å². The molecular weight excluding hydrogens is 243 g/mol. The van der Waals surface area contributed by atoms with Crippen molar-refractivity contribution in [2.75, 3.05) is 7.11 Å². The van der Waals surface area contributed by atoms with Crippen LogP contribution in [0.15, 0.2) is 36.4 Å². The average Bonchev–Trinajstić information content (AvgIpc) is 2.38. The Labute approximate surface area is 112 Å². The van der Waals surface area contributed by atoms with Crippen molar-refractivity contribution in [1.82, 2.24) is 0 Å². The highest BCUT2D eigenvalue weighted by Crippen LogP contribution is 2.30. The summed E-state index contributed by atoms with van der Waals surface area (Å²) in [5.41, 5.74) is 3.39. The highest BCUT2D eigenvalue weighted by Gasteiger charge is 2.14. The number of aliphatic hydroxyl groups excluding tert-OH is 1. The van der Waals surface area contributed by atoms with Crippen LogP contribution < -0.4 is 4.74 Å². The van der Waals surface area contributed by atoms with Crippen molar-refractivity contribution in [1.29, 1.82) is 0 Å². The van der Waals surface area contributed by atoms with Gasteiger partial charge in [-0.3, -0.25) is 0 Å². The summed E-state index contributed by atoms with van der Waals surface area (Å²) >= 11 is 0. The molecule has 19 heavy (non-hydrogen) atoms. The Balaban J connectivity index is 2.39. The zero-order valence-corrected chi connectivity index (χ0v) is 11.3. The van der Waals surface area contributed by atoms with Crippen LogP contribution in [0.1, 0.15) is 28.4 Å². The molecule has 2 nitrogen and oxygen atoms in total. The van der Waals surface area contributed by atoms with Gasteiger partial charge in [0.25, 0.3) is 0 Å². The van der Waals surface area contributed by atoms with Crippen LogP contribution in [0.3, 0.4) is 0 Å². The second-order valence-corrected chi connectivity index (χ2v) is 4.64. The van der Waals surface area contributed by atoms with E-state index in [9.17, 15) is 9.50 Å². The molecule has 0 spiro atoms. The minimum Gasteiger partial charge on any atom is -0.496 e. The molecule has 0 aromatic heterocycles. The van der Waals surface area contributed by atoms with Crippen molar-refractivity contribution >= 4 is 0 Å². The fraction of sp³-hybridized carbons (Fsp3) is 0.250. The molecule has 0 radical (unpaired) electrons. The van der Waals surface area contributed by atoms with Crippen molar-refractivity contribution in [3.8, 4) is 5.75 Å². The van der Waals surface area contributed by atoms with Crippen LogP contribution in [0.4, 0.5) is 4.39 Å². The summed E-state index contributed by atoms with van der Waals surface area (Å²) in [5.74, 6) is 0.521. The van der Waals surface area contributed by atoms with Gasteiger partial charge in [-0.25, -0.2) is 4.39 Å². The Morgan fingerprint density at radius 2 is 1.53 bits per heavy atom. The molecule has 0 saturated carbocycles. The quantitative estimate of drug-likeness (QED) is 0.914. The van der Waals surface area contributed by atoms with Crippen LogP contribution in [0.2, 0.25) is 0 Å². The fourth-order valence-corrected chi connectivity index (χ4v) is 2.30. The molecule has 2 aromatic carbocycles. The van der Waals surface area contributed by atoms with Gasteiger partial charge in [-0.2, -0.15) is 0 Å². The highest BCUT2D eigenvalue weighted by atomic mass is 19.1. The smallest absolute Gasteiger partial charge is 0.124 e. The van der Waals surface area contributed by atoms with E-state index in [1.165, 1.54) is 12.1 Å². The minimum atomic E-state index is -0.760. The van der Waals surface area contributed by atoms with Gasteiger partial charge in [0.15, 0.2) is 0 Å². The van der Waals surface area contributed by atoms with Gasteiger partial charge >= 0.3 is 0 Å². The number of hydrogen-bond donors (Lipinski definition) is 1. The number of rotatable bonds is 3. The maximum Gasteiger partial charge on any atom is 0.124 e. The molecule has 1 unspecified atom stereocenters. The van der Waals surface area contributed by atoms with E-state index in [2.05, 4.69) is 0 Å². The Morgan fingerprint density at radius 3 is 2.00 bits per heavy atom. The molecule has 0 fully saturated rings. The van der Waals surface area contributed by atoms with Crippen molar-refractivity contribution in [3.63, 3.8) is 0 Å². The molecule has 1 N–H and O–H groups in total. The molecule has 1 atom stereocenters. The van der Waals surface area contributed by atoms with E-state index in [0.717, 1.165) is 22.4 Å². The summed E-state index contributed by atoms with van der Waals surface area (Å²) < 4.78 is 18.2. The average molecular weight is 260 g/mol. The molecule has 0 amide bonds. The molecule has 0 aliphatic rings. The van der Waals surface area contributed by atoms with Gasteiger partial charge in [-0.1, -0.05) is 12.1 Å². The third-order valence-electron chi connectivity index (χ3n) is 3.19. The summed E-state index contributed by atoms with van der Waals surface area (Å²) in [6, 6.07) is 9.66. The summed E-state index contributed by atoms with van der Waals surface area (Å²) in [7, 11) is 1.63. The third kappa shape index (κ3) is 2.76. The predicted octanol–water partition coefficient (Wildman–Crippen LogP) is 3.53. The Hall–Kier alpha value is -1.87. The maximum absolute atomic E-state index is 12.9. The summed E-state index contributed by atoms with van der Waals surface area (Å²) in [6.07, 6.45) is -0.760. The molecule has 0 aliphatic heterocycles. The van der Waals surface area contributed by atoms with Crippen molar-refractivity contribution in [2.24, 2.45) is 0 Å². The van der Waals surface area contributed by atoms with Crippen LogP contribution in [0.25, 0.3) is 0 Å². The minimum absolute atomic E-state index is 0.307. The van der Waals surface area contributed by atoms with E-state index in [1.807, 2.05) is 26.0 Å². The van der Waals surface area contributed by atoms with E-state index in [-0.39, 0.29) is 5.82 Å². The van der Waals surface area contributed by atoms with Crippen LogP contribution in [0, 0.1) is 19.7 Å². The lowest BCUT2D eigenvalue weighted by Gasteiger charge is -2.16. The number of benzene rings is 2. The van der Waals surface area contributed by atoms with Gasteiger partial charge < -0.3 is 9.84 Å². The molecule has 2 aromatic rings. The lowest BCUT2D eigenvalue weighted by molar-refractivity contribution is 0.220. The van der Waals surface area contributed by atoms with Crippen LogP contribution in [-0.2, 0) is 0 Å². The molecule has 0 saturated heterocycles. The molecular formula is C16H17FO2. The normalized spacial score (nSPS) is 12.3. The zero-order chi connectivity index (χ0) is 14.0. The third-order valence-corrected chi connectivity index (χ3v) is 3.19. The van der Waals surface area contributed by atoms with Crippen molar-refractivity contribution in [3.05, 3.63) is 64.5 Å². The monoisotopic (exact) mass is 260 g/mol. The van der Waals surface area contributed by atoms with Crippen molar-refractivity contribution < 1.29 is 14.2 Å². The predicted molar refractivity (Wildman–Crippen MR) is 72.9 cm³/mol. The van der Waals surface area contributed by atoms with E-state index >= 15 is 0 Å². The van der Waals surface area contributed by atoms with E-state index < -0.39 is 6.10 Å². The van der Waals surface area contributed by atoms with Gasteiger partial charge in [0, 0.05) is 0 Å². The van der Waals surface area contributed by atoms with E-state index in [1.54, 1.807) is 19.2 Å². The molecule has 0 heterocycles. The second-order valence-electron chi connectivity index (χ2n) is 4.64. The standard InChI is InChI=1S/C16H17FO2/c1-10-8-13(9-11(2)16(10)19-3)15(18)12-4-6-14(17)7-5-12/h4-9,15,18H,1-3H3. The topological polar surface area (TPSA) is 29.5 Å². The summed E-state index contributed by atoms with van der Waals surface area (Å²) in [4.78, 5) is 0. The van der Waals surface area contributed by atoms with Crippen LogP contribution in [-0.4, -0.2) is 12.2 Å². The maximum atomic E-state index is 12.9. The number of aliphatic hydroxyl groups is 1. The van der Waals surface area contributed by atoms with Gasteiger partial charge in [0.05, 0.1) is 7.11 Å². The first-order chi connectivity index (χ1) is 9.02. The number of methoxy groups -OCH3 is 1. The first kappa shape index (κ1) is 13.6. The number of ether oxygens (including phenoxy) is 1. The molecule has 0 bridgehead atoms. The first-order valence-corrected chi connectivity index (χ1v) is 6.11.